The summed E-state index contributed by atoms with van der Waals surface area (Å²) in [6.45, 7) is 5.52. The highest BCUT2D eigenvalue weighted by Gasteiger charge is 2.29. The first-order valence-electron chi connectivity index (χ1n) is 8.21. The molecule has 1 aliphatic rings. The Balaban J connectivity index is 1.98. The molecule has 0 saturated carbocycles. The molecule has 2 heterocycles. The quantitative estimate of drug-likeness (QED) is 0.590. The lowest BCUT2D eigenvalue weighted by molar-refractivity contribution is -0.149. The molecule has 1 aromatic rings. The Hall–Kier alpha value is -1.56. The van der Waals surface area contributed by atoms with Crippen molar-refractivity contribution in [1.29, 1.82) is 0 Å². The third kappa shape index (κ3) is 4.70. The number of piperidine rings is 1. The van der Waals surface area contributed by atoms with Gasteiger partial charge in [0.1, 0.15) is 5.03 Å². The number of aromatic nitrogens is 1. The van der Waals surface area contributed by atoms with Crippen LogP contribution in [0.25, 0.3) is 0 Å². The summed E-state index contributed by atoms with van der Waals surface area (Å²) in [6, 6.07) is 3.64. The van der Waals surface area contributed by atoms with Crippen molar-refractivity contribution in [1.82, 2.24) is 9.88 Å². The number of amides is 1. The van der Waals surface area contributed by atoms with Crippen LogP contribution < -0.4 is 0 Å². The third-order valence-corrected chi connectivity index (χ3v) is 5.06. The van der Waals surface area contributed by atoms with Crippen LogP contribution in [-0.4, -0.2) is 47.2 Å². The molecule has 1 saturated heterocycles. The van der Waals surface area contributed by atoms with Crippen LogP contribution >= 0.6 is 11.8 Å². The van der Waals surface area contributed by atoms with Crippen LogP contribution in [-0.2, 0) is 9.53 Å². The zero-order valence-electron chi connectivity index (χ0n) is 13.8. The maximum absolute atomic E-state index is 12.7. The summed E-state index contributed by atoms with van der Waals surface area (Å²) >= 11 is 1.62. The van der Waals surface area contributed by atoms with Gasteiger partial charge in [-0.2, -0.15) is 0 Å². The molecule has 1 amide bonds. The molecule has 0 N–H and O–H groups in total. The topological polar surface area (TPSA) is 59.5 Å². The summed E-state index contributed by atoms with van der Waals surface area (Å²) in [4.78, 5) is 30.7. The molecule has 0 unspecified atom stereocenters. The van der Waals surface area contributed by atoms with E-state index in [1.165, 1.54) is 0 Å². The summed E-state index contributed by atoms with van der Waals surface area (Å²) in [7, 11) is 0. The number of carbonyl (C=O) groups excluding carboxylic acids is 2. The average Bonchev–Trinajstić information content (AvgIpc) is 2.60. The smallest absolute Gasteiger partial charge is 0.309 e. The minimum Gasteiger partial charge on any atom is -0.466 e. The SMILES string of the molecule is CCCSc1ncccc1C(=O)N1CCC(C(=O)OCC)CC1. The van der Waals surface area contributed by atoms with Gasteiger partial charge >= 0.3 is 5.97 Å². The van der Waals surface area contributed by atoms with Gasteiger partial charge in [-0.1, -0.05) is 6.92 Å². The molecule has 6 heteroatoms. The van der Waals surface area contributed by atoms with E-state index in [1.54, 1.807) is 24.0 Å². The van der Waals surface area contributed by atoms with Crippen LogP contribution in [0, 0.1) is 5.92 Å². The highest BCUT2D eigenvalue weighted by Crippen LogP contribution is 2.25. The number of rotatable bonds is 6. The van der Waals surface area contributed by atoms with E-state index in [4.69, 9.17) is 4.74 Å². The molecule has 1 aliphatic heterocycles. The molecule has 0 bridgehead atoms. The van der Waals surface area contributed by atoms with Gasteiger partial charge in [-0.25, -0.2) is 4.98 Å². The van der Waals surface area contributed by atoms with Crippen LogP contribution in [0.3, 0.4) is 0 Å². The van der Waals surface area contributed by atoms with Gasteiger partial charge in [-0.05, 0) is 44.1 Å². The number of hydrogen-bond acceptors (Lipinski definition) is 5. The Morgan fingerprint density at radius 3 is 2.74 bits per heavy atom. The second kappa shape index (κ2) is 8.91. The monoisotopic (exact) mass is 336 g/mol. The van der Waals surface area contributed by atoms with Crippen molar-refractivity contribution in [2.45, 2.75) is 38.1 Å². The molecule has 0 spiro atoms. The van der Waals surface area contributed by atoms with E-state index >= 15 is 0 Å². The second-order valence-electron chi connectivity index (χ2n) is 5.52. The first kappa shape index (κ1) is 17.8. The number of likely N-dealkylation sites (tertiary alicyclic amines) is 1. The van der Waals surface area contributed by atoms with Crippen molar-refractivity contribution in [3.05, 3.63) is 23.9 Å². The molecule has 0 radical (unpaired) electrons. The third-order valence-electron chi connectivity index (χ3n) is 3.85. The predicted molar refractivity (Wildman–Crippen MR) is 90.5 cm³/mol. The maximum Gasteiger partial charge on any atom is 0.309 e. The van der Waals surface area contributed by atoms with Crippen LogP contribution in [0.15, 0.2) is 23.4 Å². The van der Waals surface area contributed by atoms with Crippen molar-refractivity contribution < 1.29 is 14.3 Å². The van der Waals surface area contributed by atoms with E-state index in [2.05, 4.69) is 11.9 Å². The first-order valence-corrected chi connectivity index (χ1v) is 9.19. The van der Waals surface area contributed by atoms with Gasteiger partial charge in [0.05, 0.1) is 18.1 Å². The molecule has 126 valence electrons. The Morgan fingerprint density at radius 1 is 1.35 bits per heavy atom. The molecule has 0 atom stereocenters. The van der Waals surface area contributed by atoms with E-state index in [1.807, 2.05) is 17.9 Å². The Labute approximate surface area is 141 Å². The van der Waals surface area contributed by atoms with Gasteiger partial charge in [0.2, 0.25) is 0 Å². The fourth-order valence-corrected chi connectivity index (χ4v) is 3.46. The summed E-state index contributed by atoms with van der Waals surface area (Å²) in [5, 5.41) is 0.798. The number of carbonyl (C=O) groups is 2. The Kier molecular flexibility index (Phi) is 6.89. The molecule has 2 rings (SSSR count). The molecule has 23 heavy (non-hydrogen) atoms. The van der Waals surface area contributed by atoms with E-state index < -0.39 is 0 Å². The molecule has 1 aromatic heterocycles. The van der Waals surface area contributed by atoms with Gasteiger partial charge in [0.15, 0.2) is 0 Å². The normalized spacial score (nSPS) is 15.5. The summed E-state index contributed by atoms with van der Waals surface area (Å²) < 4.78 is 5.07. The molecule has 1 fully saturated rings. The van der Waals surface area contributed by atoms with Crippen molar-refractivity contribution in [3.63, 3.8) is 0 Å². The maximum atomic E-state index is 12.7. The number of esters is 1. The predicted octanol–water partition coefficient (Wildman–Crippen LogP) is 3.00. The molecule has 0 aliphatic carbocycles. The standard InChI is InChI=1S/C17H24N2O3S/c1-3-12-23-15-14(6-5-9-18-15)16(20)19-10-7-13(8-11-19)17(21)22-4-2/h5-6,9,13H,3-4,7-8,10-12H2,1-2H3. The highest BCUT2D eigenvalue weighted by atomic mass is 32.2. The first-order chi connectivity index (χ1) is 11.2. The van der Waals surface area contributed by atoms with E-state index in [0.29, 0.717) is 38.1 Å². The number of hydrogen-bond donors (Lipinski definition) is 0. The Bertz CT molecular complexity index is 542. The molecule has 0 aromatic carbocycles. The fraction of sp³-hybridized carbons (Fsp3) is 0.588. The fourth-order valence-electron chi connectivity index (χ4n) is 2.62. The van der Waals surface area contributed by atoms with Gasteiger partial charge in [-0.15, -0.1) is 11.8 Å². The van der Waals surface area contributed by atoms with E-state index in [-0.39, 0.29) is 17.8 Å². The largest absolute Gasteiger partial charge is 0.466 e. The minimum atomic E-state index is -0.139. The zero-order valence-corrected chi connectivity index (χ0v) is 14.6. The van der Waals surface area contributed by atoms with Crippen molar-refractivity contribution in [3.8, 4) is 0 Å². The van der Waals surface area contributed by atoms with Crippen LogP contribution in [0.1, 0.15) is 43.5 Å². The zero-order chi connectivity index (χ0) is 16.7. The van der Waals surface area contributed by atoms with Gasteiger partial charge < -0.3 is 9.64 Å². The minimum absolute atomic E-state index is 0.0130. The molecule has 5 nitrogen and oxygen atoms in total. The number of nitrogens with zero attached hydrogens (tertiary/aromatic N) is 2. The lowest BCUT2D eigenvalue weighted by Crippen LogP contribution is -2.40. The molecular formula is C17H24N2O3S. The Morgan fingerprint density at radius 2 is 2.09 bits per heavy atom. The van der Waals surface area contributed by atoms with Gasteiger partial charge in [0, 0.05) is 19.3 Å². The van der Waals surface area contributed by atoms with Crippen LogP contribution in [0.2, 0.25) is 0 Å². The lowest BCUT2D eigenvalue weighted by atomic mass is 9.96. The number of ether oxygens (including phenoxy) is 1. The number of pyridine rings is 1. The summed E-state index contributed by atoms with van der Waals surface area (Å²) in [5.41, 5.74) is 0.667. The van der Waals surface area contributed by atoms with Crippen molar-refractivity contribution in [2.24, 2.45) is 5.92 Å². The summed E-state index contributed by atoms with van der Waals surface area (Å²) in [5.74, 6) is 0.739. The highest BCUT2D eigenvalue weighted by molar-refractivity contribution is 7.99. The molecular weight excluding hydrogens is 312 g/mol. The summed E-state index contributed by atoms with van der Waals surface area (Å²) in [6.07, 6.45) is 4.10. The van der Waals surface area contributed by atoms with Gasteiger partial charge in [-0.3, -0.25) is 9.59 Å². The average molecular weight is 336 g/mol. The van der Waals surface area contributed by atoms with Crippen LogP contribution in [0.4, 0.5) is 0 Å². The second-order valence-corrected chi connectivity index (χ2v) is 6.61. The van der Waals surface area contributed by atoms with E-state index in [9.17, 15) is 9.59 Å². The lowest BCUT2D eigenvalue weighted by Gasteiger charge is -2.31. The van der Waals surface area contributed by atoms with E-state index in [0.717, 1.165) is 17.2 Å². The van der Waals surface area contributed by atoms with Crippen molar-refractivity contribution >= 4 is 23.6 Å². The number of thioether (sulfide) groups is 1. The van der Waals surface area contributed by atoms with Crippen molar-refractivity contribution in [2.75, 3.05) is 25.4 Å². The van der Waals surface area contributed by atoms with Gasteiger partial charge in [0.25, 0.3) is 5.91 Å². The van der Waals surface area contributed by atoms with Crippen LogP contribution in [0.5, 0.6) is 0 Å².